The van der Waals surface area contributed by atoms with Gasteiger partial charge in [-0.15, -0.1) is 0 Å². The van der Waals surface area contributed by atoms with Crippen LogP contribution in [-0.2, 0) is 0 Å². The van der Waals surface area contributed by atoms with E-state index in [-0.39, 0.29) is 17.3 Å². The molecule has 0 spiro atoms. The zero-order valence-electron chi connectivity index (χ0n) is 5.82. The molecule has 0 fully saturated rings. The highest BCUT2D eigenvalue weighted by molar-refractivity contribution is 9.10. The van der Waals surface area contributed by atoms with Crippen molar-refractivity contribution in [2.75, 3.05) is 11.5 Å². The number of nitrogens with two attached hydrogens (primary N) is 2. The average molecular weight is 233 g/mol. The maximum Gasteiger partial charge on any atom is 0.312 e. The first kappa shape index (κ1) is 8.72. The number of nitro groups is 1. The van der Waals surface area contributed by atoms with Crippen LogP contribution in [0.4, 0.5) is 17.3 Å². The quantitative estimate of drug-likeness (QED) is 0.553. The molecule has 0 aliphatic rings. The molecule has 64 valence electrons. The third-order valence-electron chi connectivity index (χ3n) is 1.21. The van der Waals surface area contributed by atoms with Gasteiger partial charge in [-0.2, -0.15) is 0 Å². The van der Waals surface area contributed by atoms with Crippen molar-refractivity contribution in [2.45, 2.75) is 0 Å². The minimum absolute atomic E-state index is 0.137. The molecule has 0 saturated heterocycles. The van der Waals surface area contributed by atoms with Crippen molar-refractivity contribution in [1.82, 2.24) is 4.98 Å². The monoisotopic (exact) mass is 232 g/mol. The SMILES string of the molecule is Nc1nc(N)c([N+](=O)[O-])cc1Br. The van der Waals surface area contributed by atoms with Crippen LogP contribution in [0, 0.1) is 10.1 Å². The molecule has 0 aromatic carbocycles. The van der Waals surface area contributed by atoms with Gasteiger partial charge in [0.1, 0.15) is 5.82 Å². The summed E-state index contributed by atoms with van der Waals surface area (Å²) in [4.78, 5) is 13.3. The molecule has 0 bridgehead atoms. The molecule has 1 aromatic rings. The number of rotatable bonds is 1. The van der Waals surface area contributed by atoms with Crippen molar-refractivity contribution in [3.63, 3.8) is 0 Å². The van der Waals surface area contributed by atoms with Gasteiger partial charge < -0.3 is 11.5 Å². The zero-order valence-corrected chi connectivity index (χ0v) is 7.41. The number of nitrogens with zero attached hydrogens (tertiary/aromatic N) is 2. The Morgan fingerprint density at radius 2 is 2.08 bits per heavy atom. The average Bonchev–Trinajstić information content (AvgIpc) is 1.96. The second kappa shape index (κ2) is 2.94. The summed E-state index contributed by atoms with van der Waals surface area (Å²) < 4.78 is 0.364. The number of hydrogen-bond acceptors (Lipinski definition) is 5. The number of nitrogen functional groups attached to an aromatic ring is 2. The van der Waals surface area contributed by atoms with Crippen molar-refractivity contribution in [2.24, 2.45) is 0 Å². The normalized spacial score (nSPS) is 9.75. The molecule has 1 rings (SSSR count). The molecule has 1 aromatic heterocycles. The molecule has 12 heavy (non-hydrogen) atoms. The molecule has 0 saturated carbocycles. The fraction of sp³-hybridized carbons (Fsp3) is 0. The Hall–Kier alpha value is -1.37. The molecule has 0 radical (unpaired) electrons. The van der Waals surface area contributed by atoms with Gasteiger partial charge in [0.25, 0.3) is 0 Å². The fourth-order valence-corrected chi connectivity index (χ4v) is 0.960. The van der Waals surface area contributed by atoms with E-state index in [1.165, 1.54) is 6.07 Å². The molecule has 0 aliphatic heterocycles. The summed E-state index contributed by atoms with van der Waals surface area (Å²) in [6, 6.07) is 1.22. The van der Waals surface area contributed by atoms with Crippen molar-refractivity contribution in [3.8, 4) is 0 Å². The number of halogens is 1. The highest BCUT2D eigenvalue weighted by Gasteiger charge is 2.14. The van der Waals surface area contributed by atoms with E-state index in [1.807, 2.05) is 0 Å². The van der Waals surface area contributed by atoms with Crippen LogP contribution in [0.25, 0.3) is 0 Å². The van der Waals surface area contributed by atoms with Gasteiger partial charge in [0.2, 0.25) is 5.82 Å². The fourth-order valence-electron chi connectivity index (χ4n) is 0.655. The molecule has 7 heteroatoms. The van der Waals surface area contributed by atoms with Crippen LogP contribution >= 0.6 is 15.9 Å². The summed E-state index contributed by atoms with van der Waals surface area (Å²) >= 11 is 3.00. The van der Waals surface area contributed by atoms with Crippen molar-refractivity contribution in [1.29, 1.82) is 0 Å². The largest absolute Gasteiger partial charge is 0.383 e. The molecular weight excluding hydrogens is 228 g/mol. The van der Waals surface area contributed by atoms with Gasteiger partial charge in [-0.1, -0.05) is 0 Å². The van der Waals surface area contributed by atoms with Gasteiger partial charge in [-0.05, 0) is 15.9 Å². The Bertz CT molecular complexity index is 340. The highest BCUT2D eigenvalue weighted by Crippen LogP contribution is 2.27. The second-order valence-electron chi connectivity index (χ2n) is 2.02. The van der Waals surface area contributed by atoms with Gasteiger partial charge >= 0.3 is 5.69 Å². The van der Waals surface area contributed by atoms with Crippen LogP contribution in [0.1, 0.15) is 0 Å². The van der Waals surface area contributed by atoms with Crippen molar-refractivity contribution < 1.29 is 4.92 Å². The van der Waals surface area contributed by atoms with Crippen LogP contribution in [0.15, 0.2) is 10.5 Å². The maximum atomic E-state index is 10.3. The zero-order chi connectivity index (χ0) is 9.30. The third kappa shape index (κ3) is 1.45. The van der Waals surface area contributed by atoms with E-state index >= 15 is 0 Å². The van der Waals surface area contributed by atoms with Gasteiger partial charge in [0.05, 0.1) is 9.40 Å². The Kier molecular flexibility index (Phi) is 2.13. The first-order chi connectivity index (χ1) is 5.52. The van der Waals surface area contributed by atoms with Crippen LogP contribution < -0.4 is 11.5 Å². The molecular formula is C5H5BrN4O2. The minimum Gasteiger partial charge on any atom is -0.383 e. The van der Waals surface area contributed by atoms with Gasteiger partial charge in [-0.25, -0.2) is 4.98 Å². The van der Waals surface area contributed by atoms with Crippen molar-refractivity contribution >= 4 is 33.3 Å². The molecule has 0 aliphatic carbocycles. The van der Waals surface area contributed by atoms with Crippen LogP contribution in [-0.4, -0.2) is 9.91 Å². The molecule has 0 amide bonds. The summed E-state index contributed by atoms with van der Waals surface area (Å²) in [6.45, 7) is 0. The first-order valence-electron chi connectivity index (χ1n) is 2.88. The number of anilines is 2. The number of aromatic nitrogens is 1. The second-order valence-corrected chi connectivity index (χ2v) is 2.87. The van der Waals surface area contributed by atoms with Crippen molar-refractivity contribution in [3.05, 3.63) is 20.7 Å². The van der Waals surface area contributed by atoms with E-state index in [0.29, 0.717) is 4.47 Å². The Morgan fingerprint density at radius 1 is 1.50 bits per heavy atom. The van der Waals surface area contributed by atoms with E-state index in [4.69, 9.17) is 11.5 Å². The topological polar surface area (TPSA) is 108 Å². The minimum atomic E-state index is -0.619. The predicted octanol–water partition coefficient (Wildman–Crippen LogP) is 0.917. The lowest BCUT2D eigenvalue weighted by atomic mass is 10.4. The Labute approximate surface area is 75.9 Å². The lowest BCUT2D eigenvalue weighted by Crippen LogP contribution is -2.01. The molecule has 4 N–H and O–H groups in total. The Morgan fingerprint density at radius 3 is 2.58 bits per heavy atom. The van der Waals surface area contributed by atoms with Crippen LogP contribution in [0.2, 0.25) is 0 Å². The molecule has 0 unspecified atom stereocenters. The summed E-state index contributed by atoms with van der Waals surface area (Å²) in [7, 11) is 0. The number of pyridine rings is 1. The number of hydrogen-bond donors (Lipinski definition) is 2. The maximum absolute atomic E-state index is 10.3. The first-order valence-corrected chi connectivity index (χ1v) is 3.67. The molecule has 6 nitrogen and oxygen atoms in total. The van der Waals surface area contributed by atoms with E-state index in [0.717, 1.165) is 0 Å². The standard InChI is InChI=1S/C5H5BrN4O2/c6-2-1-3(10(11)12)5(8)9-4(2)7/h1H,(H4,7,8,9). The summed E-state index contributed by atoms with van der Waals surface area (Å²) in [5.74, 6) is -0.0428. The summed E-state index contributed by atoms with van der Waals surface area (Å²) in [5, 5.41) is 10.3. The lowest BCUT2D eigenvalue weighted by Gasteiger charge is -1.99. The Balaban J connectivity index is 3.33. The van der Waals surface area contributed by atoms with E-state index in [9.17, 15) is 10.1 Å². The summed E-state index contributed by atoms with van der Waals surface area (Å²) in [6.07, 6.45) is 0. The van der Waals surface area contributed by atoms with Gasteiger partial charge in [0, 0.05) is 6.07 Å². The predicted molar refractivity (Wildman–Crippen MR) is 47.4 cm³/mol. The van der Waals surface area contributed by atoms with Gasteiger partial charge in [0.15, 0.2) is 0 Å². The van der Waals surface area contributed by atoms with E-state index in [2.05, 4.69) is 20.9 Å². The molecule has 0 atom stereocenters. The van der Waals surface area contributed by atoms with E-state index < -0.39 is 4.92 Å². The molecule has 1 heterocycles. The van der Waals surface area contributed by atoms with Gasteiger partial charge in [-0.3, -0.25) is 10.1 Å². The third-order valence-corrected chi connectivity index (χ3v) is 1.84. The van der Waals surface area contributed by atoms with Crippen LogP contribution in [0.3, 0.4) is 0 Å². The summed E-state index contributed by atoms with van der Waals surface area (Å²) in [5.41, 5.74) is 10.3. The lowest BCUT2D eigenvalue weighted by molar-refractivity contribution is -0.384. The van der Waals surface area contributed by atoms with E-state index in [1.54, 1.807) is 0 Å². The van der Waals surface area contributed by atoms with Crippen LogP contribution in [0.5, 0.6) is 0 Å². The smallest absolute Gasteiger partial charge is 0.312 e. The highest BCUT2D eigenvalue weighted by atomic mass is 79.9.